The predicted molar refractivity (Wildman–Crippen MR) is 133 cm³/mol. The molecule has 1 aliphatic heterocycles. The average Bonchev–Trinajstić information content (AvgIpc) is 3.44. The molecular formula is C24H19Br2N3O4. The number of benzene rings is 2. The van der Waals surface area contributed by atoms with Gasteiger partial charge < -0.3 is 19.3 Å². The summed E-state index contributed by atoms with van der Waals surface area (Å²) in [4.78, 5) is 27.8. The van der Waals surface area contributed by atoms with E-state index in [4.69, 9.17) is 0 Å². The van der Waals surface area contributed by atoms with E-state index in [-0.39, 0.29) is 17.9 Å². The summed E-state index contributed by atoms with van der Waals surface area (Å²) >= 11 is 7.17. The van der Waals surface area contributed by atoms with Gasteiger partial charge in [-0.15, -0.1) is 0 Å². The molecule has 7 nitrogen and oxygen atoms in total. The largest absolute Gasteiger partial charge is 0.376 e. The van der Waals surface area contributed by atoms with Crippen molar-refractivity contribution >= 4 is 76.6 Å². The first-order chi connectivity index (χ1) is 15.9. The minimum Gasteiger partial charge on any atom is -0.376 e. The number of imide groups is 1. The molecule has 3 heterocycles. The quantitative estimate of drug-likeness (QED) is 0.349. The summed E-state index contributed by atoms with van der Waals surface area (Å²) < 4.78 is 5.17. The van der Waals surface area contributed by atoms with Crippen LogP contribution < -0.4 is 0 Å². The van der Waals surface area contributed by atoms with E-state index in [1.807, 2.05) is 54.1 Å². The minimum atomic E-state index is -0.724. The topological polar surface area (TPSA) is 87.7 Å². The van der Waals surface area contributed by atoms with Crippen molar-refractivity contribution in [2.75, 3.05) is 6.73 Å². The molecule has 0 saturated heterocycles. The smallest absolute Gasteiger partial charge is 0.264 e. The Hall–Kier alpha value is -2.72. The van der Waals surface area contributed by atoms with Crippen LogP contribution in [0.4, 0.5) is 0 Å². The fourth-order valence-electron chi connectivity index (χ4n) is 4.58. The van der Waals surface area contributed by atoms with Crippen LogP contribution in [0.5, 0.6) is 0 Å². The predicted octanol–water partition coefficient (Wildman–Crippen LogP) is 4.32. The highest BCUT2D eigenvalue weighted by Gasteiger charge is 2.41. The molecule has 0 saturated carbocycles. The van der Waals surface area contributed by atoms with Crippen molar-refractivity contribution in [3.63, 3.8) is 0 Å². The lowest BCUT2D eigenvalue weighted by molar-refractivity contribution is -0.139. The first kappa shape index (κ1) is 22.1. The second-order valence-corrected chi connectivity index (χ2v) is 9.39. The number of aliphatic hydroxyl groups excluding tert-OH is 2. The van der Waals surface area contributed by atoms with Gasteiger partial charge in [-0.3, -0.25) is 14.5 Å². The number of aromatic nitrogens is 2. The maximum absolute atomic E-state index is 13.5. The fourth-order valence-corrected chi connectivity index (χ4v) is 5.72. The second-order valence-electron chi connectivity index (χ2n) is 7.68. The lowest BCUT2D eigenvalue weighted by atomic mass is 9.95. The third-order valence-electron chi connectivity index (χ3n) is 6.05. The number of fused-ring (bicyclic) bond motifs is 2. The Morgan fingerprint density at radius 2 is 1.24 bits per heavy atom. The van der Waals surface area contributed by atoms with Gasteiger partial charge in [-0.05, 0) is 31.2 Å². The molecule has 168 valence electrons. The summed E-state index contributed by atoms with van der Waals surface area (Å²) in [5.41, 5.74) is 3.19. The molecule has 1 aliphatic rings. The Morgan fingerprint density at radius 3 is 1.70 bits per heavy atom. The van der Waals surface area contributed by atoms with Crippen molar-refractivity contribution in [1.82, 2.24) is 14.0 Å². The fraction of sp³-hybridized carbons (Fsp3) is 0.167. The first-order valence-corrected chi connectivity index (χ1v) is 11.9. The Kier molecular flexibility index (Phi) is 5.52. The molecule has 2 aromatic carbocycles. The van der Waals surface area contributed by atoms with Crippen molar-refractivity contribution in [3.05, 3.63) is 68.9 Å². The number of aliphatic hydroxyl groups is 2. The van der Waals surface area contributed by atoms with Crippen LogP contribution in [0.15, 0.2) is 57.7 Å². The molecule has 0 atom stereocenters. The Balaban J connectivity index is 1.93. The summed E-state index contributed by atoms with van der Waals surface area (Å²) in [7, 11) is 0. The number of halogens is 2. The summed E-state index contributed by atoms with van der Waals surface area (Å²) in [6, 6.07) is 11.3. The van der Waals surface area contributed by atoms with Gasteiger partial charge in [-0.1, -0.05) is 44.0 Å². The highest BCUT2D eigenvalue weighted by Crippen LogP contribution is 2.44. The Morgan fingerprint density at radius 1 is 0.758 bits per heavy atom. The highest BCUT2D eigenvalue weighted by molar-refractivity contribution is 9.11. The molecule has 0 radical (unpaired) electrons. The normalized spacial score (nSPS) is 14.5. The van der Waals surface area contributed by atoms with Gasteiger partial charge in [0.05, 0.1) is 16.7 Å². The summed E-state index contributed by atoms with van der Waals surface area (Å²) in [6.45, 7) is 1.67. The van der Waals surface area contributed by atoms with E-state index in [1.54, 1.807) is 10.8 Å². The Labute approximate surface area is 205 Å². The first-order valence-electron chi connectivity index (χ1n) is 10.3. The number of hydrogen-bond donors (Lipinski definition) is 2. The molecule has 0 bridgehead atoms. The van der Waals surface area contributed by atoms with E-state index < -0.39 is 18.5 Å². The molecule has 5 rings (SSSR count). The van der Waals surface area contributed by atoms with Crippen LogP contribution in [0, 0.1) is 0 Å². The molecule has 2 amide bonds. The third kappa shape index (κ3) is 3.14. The molecule has 9 heteroatoms. The van der Waals surface area contributed by atoms with Gasteiger partial charge in [-0.25, -0.2) is 0 Å². The SMILES string of the molecule is CCn1cc(C2=C(c3cn(CO)c4cccc(Br)c34)C(=O)N(CO)C2=O)c2c(Br)cccc21. The van der Waals surface area contributed by atoms with Crippen LogP contribution in [0.1, 0.15) is 18.1 Å². The van der Waals surface area contributed by atoms with Crippen molar-refractivity contribution in [2.24, 2.45) is 0 Å². The zero-order chi connectivity index (χ0) is 23.4. The molecule has 33 heavy (non-hydrogen) atoms. The standard InChI is InChI=1S/C24H19Br2N3O4/c1-2-27-9-13(19-15(25)5-3-7-17(19)27)21-22(24(33)29(12-31)23(21)32)14-10-28(11-30)18-8-4-6-16(26)20(14)18/h3-10,30-31H,2,11-12H2,1H3. The number of aryl methyl sites for hydroxylation is 1. The van der Waals surface area contributed by atoms with E-state index in [1.165, 1.54) is 0 Å². The van der Waals surface area contributed by atoms with Crippen molar-refractivity contribution in [3.8, 4) is 0 Å². The van der Waals surface area contributed by atoms with Crippen LogP contribution in [-0.4, -0.2) is 42.8 Å². The number of rotatable bonds is 5. The number of hydrogen-bond acceptors (Lipinski definition) is 4. The van der Waals surface area contributed by atoms with Gasteiger partial charge >= 0.3 is 0 Å². The van der Waals surface area contributed by atoms with E-state index in [9.17, 15) is 19.8 Å². The monoisotopic (exact) mass is 571 g/mol. The van der Waals surface area contributed by atoms with Gasteiger partial charge in [0, 0.05) is 55.3 Å². The molecule has 4 aromatic rings. The lowest BCUT2D eigenvalue weighted by Crippen LogP contribution is -2.32. The van der Waals surface area contributed by atoms with Gasteiger partial charge in [0.15, 0.2) is 0 Å². The molecule has 0 unspecified atom stereocenters. The Bertz CT molecular complexity index is 1390. The van der Waals surface area contributed by atoms with E-state index in [0.717, 1.165) is 24.7 Å². The third-order valence-corrected chi connectivity index (χ3v) is 7.37. The van der Waals surface area contributed by atoms with Gasteiger partial charge in [0.25, 0.3) is 11.8 Å². The summed E-state index contributed by atoms with van der Waals surface area (Å²) in [6.07, 6.45) is 3.54. The zero-order valence-electron chi connectivity index (χ0n) is 17.5. The average molecular weight is 573 g/mol. The van der Waals surface area contributed by atoms with Crippen molar-refractivity contribution in [2.45, 2.75) is 20.2 Å². The zero-order valence-corrected chi connectivity index (χ0v) is 20.7. The van der Waals surface area contributed by atoms with E-state index >= 15 is 0 Å². The summed E-state index contributed by atoms with van der Waals surface area (Å²) in [5.74, 6) is -1.13. The molecule has 0 spiro atoms. The minimum absolute atomic E-state index is 0.198. The number of amides is 2. The molecule has 2 N–H and O–H groups in total. The molecular weight excluding hydrogens is 554 g/mol. The van der Waals surface area contributed by atoms with E-state index in [2.05, 4.69) is 31.9 Å². The second kappa shape index (κ2) is 8.25. The van der Waals surface area contributed by atoms with E-state index in [0.29, 0.717) is 28.6 Å². The molecule has 2 aromatic heterocycles. The number of nitrogens with zero attached hydrogens (tertiary/aromatic N) is 3. The van der Waals surface area contributed by atoms with Crippen LogP contribution in [0.25, 0.3) is 33.0 Å². The number of carbonyl (C=O) groups excluding carboxylic acids is 2. The number of carbonyl (C=O) groups is 2. The van der Waals surface area contributed by atoms with Crippen LogP contribution >= 0.6 is 31.9 Å². The van der Waals surface area contributed by atoms with Gasteiger partial charge in [0.1, 0.15) is 13.5 Å². The van der Waals surface area contributed by atoms with Crippen molar-refractivity contribution in [1.29, 1.82) is 0 Å². The van der Waals surface area contributed by atoms with Crippen LogP contribution in [-0.2, 0) is 22.9 Å². The van der Waals surface area contributed by atoms with Gasteiger partial charge in [-0.2, -0.15) is 0 Å². The summed E-state index contributed by atoms with van der Waals surface area (Å²) in [5, 5.41) is 21.3. The molecule has 0 aliphatic carbocycles. The van der Waals surface area contributed by atoms with Crippen molar-refractivity contribution < 1.29 is 19.8 Å². The molecule has 0 fully saturated rings. The van der Waals surface area contributed by atoms with Crippen LogP contribution in [0.3, 0.4) is 0 Å². The lowest BCUT2D eigenvalue weighted by Gasteiger charge is -2.10. The highest BCUT2D eigenvalue weighted by atomic mass is 79.9. The van der Waals surface area contributed by atoms with Gasteiger partial charge in [0.2, 0.25) is 0 Å². The maximum atomic E-state index is 13.5. The maximum Gasteiger partial charge on any atom is 0.264 e. The van der Waals surface area contributed by atoms with Crippen LogP contribution in [0.2, 0.25) is 0 Å².